The van der Waals surface area contributed by atoms with Crippen molar-refractivity contribution in [1.82, 2.24) is 19.6 Å². The molecule has 1 unspecified atom stereocenters. The standard InChI is InChI=1S/C19H21ClN6O2/c1-4-25-17(8-9-21-25)19(28)23-15-7-5-6-14(10-15)22-18(27)13(3)26-11-16(20)12(2)24-26/h5-11,13H,4H2,1-3H3,(H,22,27)(H,23,28). The smallest absolute Gasteiger partial charge is 0.273 e. The van der Waals surface area contributed by atoms with E-state index in [9.17, 15) is 9.59 Å². The van der Waals surface area contributed by atoms with Crippen molar-refractivity contribution >= 4 is 34.8 Å². The maximum absolute atomic E-state index is 12.5. The Balaban J connectivity index is 1.69. The molecule has 1 aromatic carbocycles. The molecule has 0 radical (unpaired) electrons. The zero-order chi connectivity index (χ0) is 20.3. The molecule has 0 aliphatic heterocycles. The van der Waals surface area contributed by atoms with Crippen LogP contribution in [0.1, 0.15) is 36.1 Å². The number of carbonyl (C=O) groups is 2. The van der Waals surface area contributed by atoms with Crippen LogP contribution in [0.2, 0.25) is 5.02 Å². The SMILES string of the molecule is CCn1nccc1C(=O)Nc1cccc(NC(=O)C(C)n2cc(Cl)c(C)n2)c1. The lowest BCUT2D eigenvalue weighted by Crippen LogP contribution is -2.24. The fourth-order valence-corrected chi connectivity index (χ4v) is 2.81. The van der Waals surface area contributed by atoms with Crippen LogP contribution in [-0.4, -0.2) is 31.4 Å². The van der Waals surface area contributed by atoms with Crippen molar-refractivity contribution < 1.29 is 9.59 Å². The van der Waals surface area contributed by atoms with E-state index in [1.807, 2.05) is 6.92 Å². The lowest BCUT2D eigenvalue weighted by molar-refractivity contribution is -0.119. The molecule has 9 heteroatoms. The average Bonchev–Trinajstić information content (AvgIpc) is 3.28. The molecule has 0 saturated heterocycles. The second-order valence-corrected chi connectivity index (χ2v) is 6.68. The third kappa shape index (κ3) is 4.23. The Morgan fingerprint density at radius 1 is 1.21 bits per heavy atom. The van der Waals surface area contributed by atoms with Crippen LogP contribution in [0.4, 0.5) is 11.4 Å². The Labute approximate surface area is 167 Å². The first-order valence-electron chi connectivity index (χ1n) is 8.84. The highest BCUT2D eigenvalue weighted by Gasteiger charge is 2.18. The van der Waals surface area contributed by atoms with Crippen molar-refractivity contribution in [3.05, 3.63) is 59.1 Å². The van der Waals surface area contributed by atoms with Gasteiger partial charge in [-0.2, -0.15) is 10.2 Å². The van der Waals surface area contributed by atoms with Crippen molar-refractivity contribution in [2.75, 3.05) is 10.6 Å². The Hall–Kier alpha value is -3.13. The molecular formula is C19H21ClN6O2. The highest BCUT2D eigenvalue weighted by Crippen LogP contribution is 2.20. The Kier molecular flexibility index (Phi) is 5.79. The number of rotatable bonds is 6. The van der Waals surface area contributed by atoms with Crippen LogP contribution < -0.4 is 10.6 Å². The van der Waals surface area contributed by atoms with E-state index in [0.29, 0.717) is 34.3 Å². The van der Waals surface area contributed by atoms with Crippen LogP contribution in [0, 0.1) is 6.92 Å². The summed E-state index contributed by atoms with van der Waals surface area (Å²) in [6, 6.07) is 8.06. The van der Waals surface area contributed by atoms with Gasteiger partial charge in [0.05, 0.1) is 10.7 Å². The predicted molar refractivity (Wildman–Crippen MR) is 108 cm³/mol. The molecular weight excluding hydrogens is 380 g/mol. The number of amides is 2. The van der Waals surface area contributed by atoms with Crippen molar-refractivity contribution in [2.45, 2.75) is 33.4 Å². The van der Waals surface area contributed by atoms with Crippen LogP contribution in [0.5, 0.6) is 0 Å². The summed E-state index contributed by atoms with van der Waals surface area (Å²) in [6.45, 7) is 6.02. The van der Waals surface area contributed by atoms with Crippen LogP contribution in [0.25, 0.3) is 0 Å². The number of nitrogens with zero attached hydrogens (tertiary/aromatic N) is 4. The van der Waals surface area contributed by atoms with E-state index in [1.54, 1.807) is 61.3 Å². The number of hydrogen-bond donors (Lipinski definition) is 2. The highest BCUT2D eigenvalue weighted by molar-refractivity contribution is 6.31. The molecule has 0 saturated carbocycles. The number of carbonyl (C=O) groups excluding carboxylic acids is 2. The van der Waals surface area contributed by atoms with E-state index < -0.39 is 6.04 Å². The van der Waals surface area contributed by atoms with Gasteiger partial charge in [0.1, 0.15) is 11.7 Å². The summed E-state index contributed by atoms with van der Waals surface area (Å²) in [5, 5.41) is 14.5. The number of aryl methyl sites for hydroxylation is 2. The lowest BCUT2D eigenvalue weighted by atomic mass is 10.2. The second kappa shape index (κ2) is 8.26. The van der Waals surface area contributed by atoms with Gasteiger partial charge >= 0.3 is 0 Å². The third-order valence-electron chi connectivity index (χ3n) is 4.27. The summed E-state index contributed by atoms with van der Waals surface area (Å²) in [7, 11) is 0. The fraction of sp³-hybridized carbons (Fsp3) is 0.263. The van der Waals surface area contributed by atoms with Crippen molar-refractivity contribution in [3.8, 4) is 0 Å². The first kappa shape index (κ1) is 19.6. The molecule has 0 fully saturated rings. The van der Waals surface area contributed by atoms with Gasteiger partial charge in [-0.1, -0.05) is 17.7 Å². The van der Waals surface area contributed by atoms with E-state index in [4.69, 9.17) is 11.6 Å². The minimum absolute atomic E-state index is 0.244. The van der Waals surface area contributed by atoms with Gasteiger partial charge in [0.25, 0.3) is 5.91 Å². The van der Waals surface area contributed by atoms with Gasteiger partial charge in [0.2, 0.25) is 5.91 Å². The van der Waals surface area contributed by atoms with Gasteiger partial charge in [-0.15, -0.1) is 0 Å². The number of nitrogens with one attached hydrogen (secondary N) is 2. The molecule has 28 heavy (non-hydrogen) atoms. The molecule has 2 heterocycles. The number of hydrogen-bond acceptors (Lipinski definition) is 4. The lowest BCUT2D eigenvalue weighted by Gasteiger charge is -2.14. The summed E-state index contributed by atoms with van der Waals surface area (Å²) < 4.78 is 3.13. The first-order chi connectivity index (χ1) is 13.4. The minimum atomic E-state index is -0.539. The van der Waals surface area contributed by atoms with Crippen molar-refractivity contribution in [1.29, 1.82) is 0 Å². The summed E-state index contributed by atoms with van der Waals surface area (Å²) in [5.41, 5.74) is 2.26. The summed E-state index contributed by atoms with van der Waals surface area (Å²) in [6.07, 6.45) is 3.20. The van der Waals surface area contributed by atoms with E-state index in [0.717, 1.165) is 0 Å². The molecule has 0 aliphatic carbocycles. The van der Waals surface area contributed by atoms with Gasteiger partial charge in [-0.3, -0.25) is 19.0 Å². The quantitative estimate of drug-likeness (QED) is 0.662. The van der Waals surface area contributed by atoms with Crippen LogP contribution in [0.3, 0.4) is 0 Å². The highest BCUT2D eigenvalue weighted by atomic mass is 35.5. The number of benzene rings is 1. The van der Waals surface area contributed by atoms with E-state index in [1.165, 1.54) is 4.68 Å². The molecule has 8 nitrogen and oxygen atoms in total. The second-order valence-electron chi connectivity index (χ2n) is 6.27. The largest absolute Gasteiger partial charge is 0.324 e. The summed E-state index contributed by atoms with van der Waals surface area (Å²) >= 11 is 6.01. The molecule has 0 spiro atoms. The molecule has 146 valence electrons. The molecule has 2 N–H and O–H groups in total. The molecule has 0 bridgehead atoms. The molecule has 2 aromatic heterocycles. The van der Waals surface area contributed by atoms with Crippen LogP contribution >= 0.6 is 11.6 Å². The Morgan fingerprint density at radius 3 is 2.57 bits per heavy atom. The zero-order valence-corrected chi connectivity index (χ0v) is 16.6. The predicted octanol–water partition coefficient (Wildman–Crippen LogP) is 3.51. The molecule has 0 aliphatic rings. The van der Waals surface area contributed by atoms with E-state index in [2.05, 4.69) is 20.8 Å². The minimum Gasteiger partial charge on any atom is -0.324 e. The maximum atomic E-state index is 12.5. The first-order valence-corrected chi connectivity index (χ1v) is 9.22. The van der Waals surface area contributed by atoms with Gasteiger partial charge in [-0.25, -0.2) is 0 Å². The average molecular weight is 401 g/mol. The third-order valence-corrected chi connectivity index (χ3v) is 4.64. The molecule has 1 atom stereocenters. The van der Waals surface area contributed by atoms with E-state index >= 15 is 0 Å². The Morgan fingerprint density at radius 2 is 1.93 bits per heavy atom. The summed E-state index contributed by atoms with van der Waals surface area (Å²) in [4.78, 5) is 25.0. The van der Waals surface area contributed by atoms with Crippen LogP contribution in [0.15, 0.2) is 42.7 Å². The van der Waals surface area contributed by atoms with Gasteiger partial charge in [0.15, 0.2) is 0 Å². The normalized spacial score (nSPS) is 11.9. The molecule has 3 aromatic rings. The van der Waals surface area contributed by atoms with Crippen molar-refractivity contribution in [2.24, 2.45) is 0 Å². The van der Waals surface area contributed by atoms with Gasteiger partial charge in [0, 0.05) is 30.3 Å². The number of anilines is 2. The number of halogens is 1. The fourth-order valence-electron chi connectivity index (χ4n) is 2.67. The van der Waals surface area contributed by atoms with E-state index in [-0.39, 0.29) is 11.8 Å². The molecule has 3 rings (SSSR count). The molecule has 2 amide bonds. The topological polar surface area (TPSA) is 93.8 Å². The van der Waals surface area contributed by atoms with Gasteiger partial charge in [-0.05, 0) is 45.0 Å². The number of aromatic nitrogens is 4. The van der Waals surface area contributed by atoms with Gasteiger partial charge < -0.3 is 10.6 Å². The Bertz CT molecular complexity index is 990. The van der Waals surface area contributed by atoms with Crippen LogP contribution in [-0.2, 0) is 11.3 Å². The zero-order valence-electron chi connectivity index (χ0n) is 15.8. The van der Waals surface area contributed by atoms with Crippen molar-refractivity contribution in [3.63, 3.8) is 0 Å². The summed E-state index contributed by atoms with van der Waals surface area (Å²) in [5.74, 6) is -0.510. The maximum Gasteiger partial charge on any atom is 0.273 e. The monoisotopic (exact) mass is 400 g/mol.